The molecule has 0 aliphatic carbocycles. The van der Waals surface area contributed by atoms with Crippen molar-refractivity contribution in [3.63, 3.8) is 0 Å². The molecule has 0 aromatic carbocycles. The first-order valence-corrected chi connectivity index (χ1v) is 6.40. The highest BCUT2D eigenvalue weighted by atomic mass is 35.7. The first kappa shape index (κ1) is 13.3. The molecule has 0 bridgehead atoms. The van der Waals surface area contributed by atoms with Crippen LogP contribution in [-0.4, -0.2) is 24.2 Å². The van der Waals surface area contributed by atoms with Crippen molar-refractivity contribution in [2.24, 2.45) is 0 Å². The summed E-state index contributed by atoms with van der Waals surface area (Å²) in [6.45, 7) is 1.15. The van der Waals surface area contributed by atoms with Crippen LogP contribution in [0.5, 0.6) is 0 Å². The molecule has 1 amide bonds. The number of nitrogens with zero attached hydrogens (tertiary/aromatic N) is 2. The van der Waals surface area contributed by atoms with Gasteiger partial charge in [-0.05, 0) is 9.91 Å². The molecule has 1 aromatic rings. The molecule has 0 fully saturated rings. The lowest BCUT2D eigenvalue weighted by Gasteiger charge is -2.00. The van der Waals surface area contributed by atoms with E-state index in [0.717, 1.165) is 13.0 Å². The average molecular weight is 280 g/mol. The fourth-order valence-corrected chi connectivity index (χ4v) is 1.74. The van der Waals surface area contributed by atoms with Crippen LogP contribution in [0.25, 0.3) is 0 Å². The van der Waals surface area contributed by atoms with Gasteiger partial charge in [0.25, 0.3) is 9.05 Å². The zero-order valence-corrected chi connectivity index (χ0v) is 9.95. The second-order valence-corrected chi connectivity index (χ2v) is 5.49. The Kier molecular flexibility index (Phi) is 3.63. The number of halogens is 1. The summed E-state index contributed by atoms with van der Waals surface area (Å²) < 4.78 is 22.1. The van der Waals surface area contributed by atoms with E-state index >= 15 is 0 Å². The molecule has 1 aromatic heterocycles. The molecular formula is C7H6ClN3O5S. The van der Waals surface area contributed by atoms with E-state index < -0.39 is 30.6 Å². The number of hydrogen-bond acceptors (Lipinski definition) is 6. The van der Waals surface area contributed by atoms with Crippen molar-refractivity contribution in [2.75, 3.05) is 5.32 Å². The van der Waals surface area contributed by atoms with Gasteiger partial charge in [-0.1, -0.05) is 0 Å². The van der Waals surface area contributed by atoms with E-state index in [1.807, 2.05) is 0 Å². The number of carbonyl (C=O) groups excluding carboxylic acids is 1. The Hall–Kier alpha value is -1.74. The molecule has 0 saturated heterocycles. The van der Waals surface area contributed by atoms with E-state index in [4.69, 9.17) is 10.7 Å². The molecule has 0 atom stereocenters. The summed E-state index contributed by atoms with van der Waals surface area (Å²) in [7, 11) is 0.912. The summed E-state index contributed by atoms with van der Waals surface area (Å²) in [4.78, 5) is 23.3. The molecule has 0 aliphatic rings. The summed E-state index contributed by atoms with van der Waals surface area (Å²) in [5.41, 5.74) is 0. The van der Waals surface area contributed by atoms with Gasteiger partial charge in [-0.15, -0.1) is 0 Å². The lowest BCUT2D eigenvalue weighted by Crippen LogP contribution is -2.09. The number of aromatic nitrogens is 1. The van der Waals surface area contributed by atoms with Crippen LogP contribution in [0.15, 0.2) is 17.0 Å². The Balaban J connectivity index is 3.39. The maximum absolute atomic E-state index is 11.0. The van der Waals surface area contributed by atoms with Crippen molar-refractivity contribution >= 4 is 37.3 Å². The number of amides is 1. The molecule has 0 unspecified atom stereocenters. The van der Waals surface area contributed by atoms with Gasteiger partial charge >= 0.3 is 5.82 Å². The maximum atomic E-state index is 11.0. The number of pyridine rings is 1. The summed E-state index contributed by atoms with van der Waals surface area (Å²) in [5.74, 6) is -1.53. The quantitative estimate of drug-likeness (QED) is 0.498. The lowest BCUT2D eigenvalue weighted by molar-refractivity contribution is -0.389. The second kappa shape index (κ2) is 4.63. The maximum Gasteiger partial charge on any atom is 0.367 e. The number of hydrogen-bond donors (Lipinski definition) is 1. The molecule has 0 spiro atoms. The Bertz CT molecular complexity index is 585. The number of nitrogens with one attached hydrogen (secondary N) is 1. The molecule has 8 nitrogen and oxygen atoms in total. The first-order valence-electron chi connectivity index (χ1n) is 4.09. The summed E-state index contributed by atoms with van der Waals surface area (Å²) in [5, 5.41) is 12.6. The van der Waals surface area contributed by atoms with Crippen molar-refractivity contribution < 1.29 is 18.1 Å². The van der Waals surface area contributed by atoms with Gasteiger partial charge in [-0.3, -0.25) is 10.1 Å². The third-order valence-electron chi connectivity index (χ3n) is 1.56. The van der Waals surface area contributed by atoms with Crippen LogP contribution >= 0.6 is 10.7 Å². The minimum atomic E-state index is -4.14. The Morgan fingerprint density at radius 1 is 1.53 bits per heavy atom. The highest BCUT2D eigenvalue weighted by Crippen LogP contribution is 2.22. The van der Waals surface area contributed by atoms with Crippen LogP contribution in [0.4, 0.5) is 11.6 Å². The Labute approximate surface area is 100 Å². The van der Waals surface area contributed by atoms with Gasteiger partial charge in [0.2, 0.25) is 11.7 Å². The molecule has 1 N–H and O–H groups in total. The minimum absolute atomic E-state index is 0.258. The summed E-state index contributed by atoms with van der Waals surface area (Å²) >= 11 is 0. The van der Waals surface area contributed by atoms with Crippen LogP contribution in [0.2, 0.25) is 0 Å². The van der Waals surface area contributed by atoms with Crippen molar-refractivity contribution in [1.29, 1.82) is 0 Å². The van der Waals surface area contributed by atoms with Crippen molar-refractivity contribution in [3.8, 4) is 0 Å². The van der Waals surface area contributed by atoms with Crippen LogP contribution < -0.4 is 5.32 Å². The fraction of sp³-hybridized carbons (Fsp3) is 0.143. The van der Waals surface area contributed by atoms with E-state index in [9.17, 15) is 23.3 Å². The standard InChI is InChI=1S/C7H6ClN3O5S/c1-4(12)9-6-2-5(17(8,15)16)3-7(10-6)11(13)14/h2-3H,1H3,(H,9,10,12). The Morgan fingerprint density at radius 2 is 2.12 bits per heavy atom. The predicted molar refractivity (Wildman–Crippen MR) is 58.2 cm³/mol. The minimum Gasteiger partial charge on any atom is -0.358 e. The third kappa shape index (κ3) is 3.64. The van der Waals surface area contributed by atoms with Crippen molar-refractivity contribution in [3.05, 3.63) is 22.2 Å². The van der Waals surface area contributed by atoms with Gasteiger partial charge < -0.3 is 10.1 Å². The smallest absolute Gasteiger partial charge is 0.358 e. The normalized spacial score (nSPS) is 10.9. The van der Waals surface area contributed by atoms with E-state index in [1.165, 1.54) is 0 Å². The van der Waals surface area contributed by atoms with Gasteiger partial charge in [0.05, 0.1) is 11.0 Å². The average Bonchev–Trinajstić information content (AvgIpc) is 2.14. The van der Waals surface area contributed by atoms with Crippen molar-refractivity contribution in [2.45, 2.75) is 11.8 Å². The monoisotopic (exact) mass is 279 g/mol. The Morgan fingerprint density at radius 3 is 2.53 bits per heavy atom. The van der Waals surface area contributed by atoms with Gasteiger partial charge in [-0.2, -0.15) is 0 Å². The number of rotatable bonds is 3. The van der Waals surface area contributed by atoms with Gasteiger partial charge in [0.1, 0.15) is 0 Å². The molecule has 1 rings (SSSR count). The van der Waals surface area contributed by atoms with E-state index in [0.29, 0.717) is 6.07 Å². The van der Waals surface area contributed by atoms with Crippen molar-refractivity contribution in [1.82, 2.24) is 4.98 Å². The van der Waals surface area contributed by atoms with Gasteiger partial charge in [0.15, 0.2) is 0 Å². The van der Waals surface area contributed by atoms with Crippen LogP contribution in [0.3, 0.4) is 0 Å². The van der Waals surface area contributed by atoms with Crippen LogP contribution in [-0.2, 0) is 13.8 Å². The number of nitro groups is 1. The lowest BCUT2D eigenvalue weighted by atomic mass is 10.4. The molecule has 17 heavy (non-hydrogen) atoms. The summed E-state index contributed by atoms with van der Waals surface area (Å²) in [6, 6.07) is 1.63. The van der Waals surface area contributed by atoms with Crippen LogP contribution in [0.1, 0.15) is 6.92 Å². The van der Waals surface area contributed by atoms with E-state index in [2.05, 4.69) is 10.3 Å². The first-order chi connectivity index (χ1) is 7.70. The zero-order chi connectivity index (χ0) is 13.2. The van der Waals surface area contributed by atoms with Gasteiger partial charge in [-0.25, -0.2) is 8.42 Å². The number of carbonyl (C=O) groups is 1. The molecular weight excluding hydrogens is 274 g/mol. The fourth-order valence-electron chi connectivity index (χ4n) is 0.970. The molecule has 0 radical (unpaired) electrons. The number of anilines is 1. The van der Waals surface area contributed by atoms with Gasteiger partial charge in [0, 0.05) is 23.7 Å². The highest BCUT2D eigenvalue weighted by Gasteiger charge is 2.20. The second-order valence-electron chi connectivity index (χ2n) is 2.92. The third-order valence-corrected chi connectivity index (χ3v) is 2.89. The summed E-state index contributed by atoms with van der Waals surface area (Å²) in [6.07, 6.45) is 0. The molecule has 1 heterocycles. The SMILES string of the molecule is CC(=O)Nc1cc(S(=O)(=O)Cl)cc([N+](=O)[O-])n1. The molecule has 10 heteroatoms. The zero-order valence-electron chi connectivity index (χ0n) is 8.38. The largest absolute Gasteiger partial charge is 0.367 e. The topological polar surface area (TPSA) is 119 Å². The predicted octanol–water partition coefficient (Wildman–Crippen LogP) is 0.876. The molecule has 92 valence electrons. The van der Waals surface area contributed by atoms with E-state index in [-0.39, 0.29) is 5.82 Å². The van der Waals surface area contributed by atoms with E-state index in [1.54, 1.807) is 0 Å². The van der Waals surface area contributed by atoms with Crippen LogP contribution in [0, 0.1) is 10.1 Å². The molecule has 0 saturated carbocycles. The highest BCUT2D eigenvalue weighted by molar-refractivity contribution is 8.13. The molecule has 0 aliphatic heterocycles.